The molecule has 19 heavy (non-hydrogen) atoms. The second-order valence-corrected chi connectivity index (χ2v) is 5.68. The van der Waals surface area contributed by atoms with Gasteiger partial charge in [-0.15, -0.1) is 0 Å². The Morgan fingerprint density at radius 2 is 1.95 bits per heavy atom. The van der Waals surface area contributed by atoms with Crippen LogP contribution < -0.4 is 5.73 Å². The van der Waals surface area contributed by atoms with Crippen molar-refractivity contribution in [1.82, 2.24) is 4.90 Å². The first kappa shape index (κ1) is 16.2. The molecule has 0 aromatic heterocycles. The fourth-order valence-corrected chi connectivity index (χ4v) is 2.59. The largest absolute Gasteiger partial charge is 0.395 e. The summed E-state index contributed by atoms with van der Waals surface area (Å²) in [7, 11) is 0. The Labute approximate surface area is 117 Å². The minimum Gasteiger partial charge on any atom is -0.395 e. The summed E-state index contributed by atoms with van der Waals surface area (Å²) >= 11 is 0. The van der Waals surface area contributed by atoms with Crippen LogP contribution in [-0.4, -0.2) is 36.2 Å². The minimum atomic E-state index is 0.138. The first-order chi connectivity index (χ1) is 9.13. The molecule has 0 aliphatic heterocycles. The molecule has 1 unspecified atom stereocenters. The summed E-state index contributed by atoms with van der Waals surface area (Å²) in [6.07, 6.45) is 2.27. The van der Waals surface area contributed by atoms with Crippen molar-refractivity contribution in [2.75, 3.05) is 26.2 Å². The Bertz CT molecular complexity index is 342. The van der Waals surface area contributed by atoms with Gasteiger partial charge in [-0.05, 0) is 23.9 Å². The van der Waals surface area contributed by atoms with Crippen LogP contribution in [0, 0.1) is 5.41 Å². The van der Waals surface area contributed by atoms with Gasteiger partial charge in [-0.2, -0.15) is 0 Å². The van der Waals surface area contributed by atoms with Crippen molar-refractivity contribution in [2.45, 2.75) is 33.2 Å². The molecule has 1 aromatic carbocycles. The number of hydrogen-bond acceptors (Lipinski definition) is 3. The molecule has 3 nitrogen and oxygen atoms in total. The quantitative estimate of drug-likeness (QED) is 0.719. The average molecular weight is 264 g/mol. The fraction of sp³-hybridized carbons (Fsp3) is 0.625. The molecule has 0 aliphatic carbocycles. The van der Waals surface area contributed by atoms with E-state index >= 15 is 0 Å². The highest BCUT2D eigenvalue weighted by atomic mass is 16.3. The van der Waals surface area contributed by atoms with Crippen LogP contribution in [0.15, 0.2) is 30.3 Å². The van der Waals surface area contributed by atoms with Gasteiger partial charge in [0.2, 0.25) is 0 Å². The van der Waals surface area contributed by atoms with E-state index in [4.69, 9.17) is 5.73 Å². The van der Waals surface area contributed by atoms with Gasteiger partial charge in [-0.25, -0.2) is 0 Å². The summed E-state index contributed by atoms with van der Waals surface area (Å²) < 4.78 is 0. The standard InChI is InChI=1S/C16H28N2O/c1-3-9-16(2,13-17)14-18(10-11-19)12-15-7-5-4-6-8-15/h4-8,19H,3,9-14,17H2,1-2H3. The maximum atomic E-state index is 9.24. The van der Waals surface area contributed by atoms with Crippen molar-refractivity contribution < 1.29 is 5.11 Å². The van der Waals surface area contributed by atoms with E-state index in [2.05, 4.69) is 43.0 Å². The predicted molar refractivity (Wildman–Crippen MR) is 80.9 cm³/mol. The zero-order valence-electron chi connectivity index (χ0n) is 12.3. The molecule has 0 saturated carbocycles. The van der Waals surface area contributed by atoms with Crippen molar-refractivity contribution >= 4 is 0 Å². The molecule has 0 saturated heterocycles. The van der Waals surface area contributed by atoms with Crippen LogP contribution in [0.4, 0.5) is 0 Å². The van der Waals surface area contributed by atoms with Crippen molar-refractivity contribution in [3.8, 4) is 0 Å². The molecule has 1 rings (SSSR count). The number of aliphatic hydroxyl groups excluding tert-OH is 1. The summed E-state index contributed by atoms with van der Waals surface area (Å²) in [4.78, 5) is 2.30. The van der Waals surface area contributed by atoms with Crippen LogP contribution in [0.5, 0.6) is 0 Å². The highest BCUT2D eigenvalue weighted by molar-refractivity contribution is 5.14. The van der Waals surface area contributed by atoms with E-state index in [9.17, 15) is 5.11 Å². The second-order valence-electron chi connectivity index (χ2n) is 5.68. The Hall–Kier alpha value is -0.900. The summed E-state index contributed by atoms with van der Waals surface area (Å²) in [6.45, 7) is 7.84. The number of hydrogen-bond donors (Lipinski definition) is 2. The molecule has 0 amide bonds. The van der Waals surface area contributed by atoms with Crippen LogP contribution in [0.3, 0.4) is 0 Å². The molecule has 0 heterocycles. The Morgan fingerprint density at radius 1 is 1.26 bits per heavy atom. The summed E-state index contributed by atoms with van der Waals surface area (Å²) in [5, 5.41) is 9.24. The van der Waals surface area contributed by atoms with Gasteiger partial charge in [0.15, 0.2) is 0 Å². The third kappa shape index (κ3) is 5.72. The molecular formula is C16H28N2O. The van der Waals surface area contributed by atoms with E-state index in [1.165, 1.54) is 5.56 Å². The van der Waals surface area contributed by atoms with Gasteiger partial charge in [0.25, 0.3) is 0 Å². The lowest BCUT2D eigenvalue weighted by atomic mass is 9.85. The number of rotatable bonds is 9. The van der Waals surface area contributed by atoms with E-state index in [0.717, 1.165) is 25.9 Å². The van der Waals surface area contributed by atoms with Crippen LogP contribution in [-0.2, 0) is 6.54 Å². The number of nitrogens with two attached hydrogens (primary N) is 1. The molecule has 0 spiro atoms. The minimum absolute atomic E-state index is 0.138. The average Bonchev–Trinajstić information content (AvgIpc) is 2.40. The van der Waals surface area contributed by atoms with Gasteiger partial charge in [-0.3, -0.25) is 4.90 Å². The summed E-state index contributed by atoms with van der Waals surface area (Å²) in [5.74, 6) is 0. The summed E-state index contributed by atoms with van der Waals surface area (Å²) in [6, 6.07) is 10.4. The highest BCUT2D eigenvalue weighted by Crippen LogP contribution is 2.24. The van der Waals surface area contributed by atoms with E-state index in [0.29, 0.717) is 13.1 Å². The van der Waals surface area contributed by atoms with Crippen LogP contribution in [0.1, 0.15) is 32.3 Å². The highest BCUT2D eigenvalue weighted by Gasteiger charge is 2.24. The van der Waals surface area contributed by atoms with Gasteiger partial charge >= 0.3 is 0 Å². The number of nitrogens with zero attached hydrogens (tertiary/aromatic N) is 1. The van der Waals surface area contributed by atoms with Gasteiger partial charge in [0.05, 0.1) is 6.61 Å². The third-order valence-corrected chi connectivity index (χ3v) is 3.62. The molecule has 3 N–H and O–H groups in total. The monoisotopic (exact) mass is 264 g/mol. The molecule has 0 aliphatic rings. The molecule has 1 aromatic rings. The van der Waals surface area contributed by atoms with Crippen molar-refractivity contribution in [2.24, 2.45) is 11.1 Å². The first-order valence-electron chi connectivity index (χ1n) is 7.21. The Balaban J connectivity index is 2.66. The van der Waals surface area contributed by atoms with E-state index in [1.807, 2.05) is 6.07 Å². The number of benzene rings is 1. The Kier molecular flexibility index (Phi) is 7.06. The molecule has 3 heteroatoms. The van der Waals surface area contributed by atoms with Crippen LogP contribution in [0.2, 0.25) is 0 Å². The molecule has 0 bridgehead atoms. The Morgan fingerprint density at radius 3 is 2.47 bits per heavy atom. The van der Waals surface area contributed by atoms with E-state index < -0.39 is 0 Å². The smallest absolute Gasteiger partial charge is 0.0558 e. The molecule has 0 radical (unpaired) electrons. The lowest BCUT2D eigenvalue weighted by Crippen LogP contribution is -2.41. The normalized spacial score (nSPS) is 14.6. The molecule has 0 fully saturated rings. The first-order valence-corrected chi connectivity index (χ1v) is 7.21. The predicted octanol–water partition coefficient (Wildman–Crippen LogP) is 2.25. The molecular weight excluding hydrogens is 236 g/mol. The zero-order chi connectivity index (χ0) is 14.1. The van der Waals surface area contributed by atoms with Gasteiger partial charge in [-0.1, -0.05) is 50.6 Å². The van der Waals surface area contributed by atoms with E-state index in [1.54, 1.807) is 0 Å². The SMILES string of the molecule is CCCC(C)(CN)CN(CCO)Cc1ccccc1. The molecule has 1 atom stereocenters. The summed E-state index contributed by atoms with van der Waals surface area (Å²) in [5.41, 5.74) is 7.36. The van der Waals surface area contributed by atoms with Gasteiger partial charge in [0, 0.05) is 19.6 Å². The lowest BCUT2D eigenvalue weighted by molar-refractivity contribution is 0.125. The van der Waals surface area contributed by atoms with Crippen molar-refractivity contribution in [3.05, 3.63) is 35.9 Å². The maximum Gasteiger partial charge on any atom is 0.0558 e. The third-order valence-electron chi connectivity index (χ3n) is 3.62. The maximum absolute atomic E-state index is 9.24. The van der Waals surface area contributed by atoms with Crippen molar-refractivity contribution in [3.63, 3.8) is 0 Å². The fourth-order valence-electron chi connectivity index (χ4n) is 2.59. The number of aliphatic hydroxyl groups is 1. The topological polar surface area (TPSA) is 49.5 Å². The second kappa shape index (κ2) is 8.31. The van der Waals surface area contributed by atoms with Gasteiger partial charge in [0.1, 0.15) is 0 Å². The lowest BCUT2D eigenvalue weighted by Gasteiger charge is -2.34. The van der Waals surface area contributed by atoms with Gasteiger partial charge < -0.3 is 10.8 Å². The molecule has 108 valence electrons. The van der Waals surface area contributed by atoms with Crippen molar-refractivity contribution in [1.29, 1.82) is 0 Å². The van der Waals surface area contributed by atoms with Crippen LogP contribution in [0.25, 0.3) is 0 Å². The van der Waals surface area contributed by atoms with Crippen LogP contribution >= 0.6 is 0 Å². The van der Waals surface area contributed by atoms with E-state index in [-0.39, 0.29) is 12.0 Å². The zero-order valence-corrected chi connectivity index (χ0v) is 12.3.